The summed E-state index contributed by atoms with van der Waals surface area (Å²) >= 11 is 3.11. The minimum absolute atomic E-state index is 0.0156. The van der Waals surface area contributed by atoms with E-state index < -0.39 is 5.97 Å². The number of aliphatic carboxylic acids is 1. The summed E-state index contributed by atoms with van der Waals surface area (Å²) in [6.45, 7) is 0. The number of carboxylic acids is 1. The number of rotatable bonds is 5. The van der Waals surface area contributed by atoms with Gasteiger partial charge in [0, 0.05) is 4.88 Å². The first-order valence-corrected chi connectivity index (χ1v) is 9.43. The third kappa shape index (κ3) is 2.56. The van der Waals surface area contributed by atoms with Crippen LogP contribution in [0.2, 0.25) is 0 Å². The van der Waals surface area contributed by atoms with Crippen molar-refractivity contribution >= 4 is 29.1 Å². The summed E-state index contributed by atoms with van der Waals surface area (Å²) < 4.78 is 1.99. The fourth-order valence-corrected chi connectivity index (χ4v) is 5.33. The maximum absolute atomic E-state index is 10.8. The van der Waals surface area contributed by atoms with E-state index in [1.54, 1.807) is 16.8 Å². The van der Waals surface area contributed by atoms with Crippen LogP contribution in [0.3, 0.4) is 0 Å². The van der Waals surface area contributed by atoms with Crippen molar-refractivity contribution < 1.29 is 9.90 Å². The summed E-state index contributed by atoms with van der Waals surface area (Å²) in [5, 5.41) is 18.9. The highest BCUT2D eigenvalue weighted by Gasteiger charge is 2.32. The van der Waals surface area contributed by atoms with Crippen LogP contribution in [0.4, 0.5) is 0 Å². The Balaban J connectivity index is 1.73. The number of fused-ring (bicyclic) bond motifs is 1. The number of thiophene rings is 1. The summed E-state index contributed by atoms with van der Waals surface area (Å²) in [6, 6.07) is 0. The van der Waals surface area contributed by atoms with Crippen molar-refractivity contribution in [3.8, 4) is 5.00 Å². The van der Waals surface area contributed by atoms with Crippen molar-refractivity contribution in [3.63, 3.8) is 0 Å². The number of thioether (sulfide) groups is 1. The zero-order valence-corrected chi connectivity index (χ0v) is 13.8. The Morgan fingerprint density at radius 3 is 2.86 bits per heavy atom. The second-order valence-electron chi connectivity index (χ2n) is 5.88. The molecule has 2 heterocycles. The van der Waals surface area contributed by atoms with Crippen LogP contribution in [0.5, 0.6) is 0 Å². The second-order valence-corrected chi connectivity index (χ2v) is 7.85. The van der Waals surface area contributed by atoms with Gasteiger partial charge in [-0.3, -0.25) is 9.36 Å². The fourth-order valence-electron chi connectivity index (χ4n) is 3.10. The van der Waals surface area contributed by atoms with Crippen molar-refractivity contribution in [2.45, 2.75) is 49.6 Å². The predicted molar refractivity (Wildman–Crippen MR) is 86.2 cm³/mol. The minimum atomic E-state index is -0.827. The van der Waals surface area contributed by atoms with Crippen LogP contribution in [0.1, 0.15) is 47.6 Å². The average molecular weight is 335 g/mol. The first kappa shape index (κ1) is 14.3. The lowest BCUT2D eigenvalue weighted by Gasteiger charge is -2.14. The Kier molecular flexibility index (Phi) is 3.69. The molecule has 0 amide bonds. The molecular formula is C15H17N3O2S2. The van der Waals surface area contributed by atoms with Crippen molar-refractivity contribution in [1.82, 2.24) is 14.8 Å². The van der Waals surface area contributed by atoms with E-state index in [9.17, 15) is 4.79 Å². The zero-order valence-electron chi connectivity index (χ0n) is 12.1. The molecule has 1 N–H and O–H groups in total. The molecule has 0 unspecified atom stereocenters. The van der Waals surface area contributed by atoms with Gasteiger partial charge < -0.3 is 5.11 Å². The van der Waals surface area contributed by atoms with Gasteiger partial charge in [-0.2, -0.15) is 0 Å². The van der Waals surface area contributed by atoms with Gasteiger partial charge in [-0.15, -0.1) is 21.5 Å². The van der Waals surface area contributed by atoms with E-state index >= 15 is 0 Å². The molecule has 0 saturated heterocycles. The van der Waals surface area contributed by atoms with Gasteiger partial charge >= 0.3 is 5.97 Å². The van der Waals surface area contributed by atoms with E-state index in [0.717, 1.165) is 12.3 Å². The number of carboxylic acid groups (broad SMARTS) is 1. The van der Waals surface area contributed by atoms with Crippen LogP contribution < -0.4 is 0 Å². The van der Waals surface area contributed by atoms with Gasteiger partial charge in [-0.25, -0.2) is 0 Å². The largest absolute Gasteiger partial charge is 0.481 e. The highest BCUT2D eigenvalue weighted by molar-refractivity contribution is 7.99. The van der Waals surface area contributed by atoms with Gasteiger partial charge in [0.15, 0.2) is 5.16 Å². The van der Waals surface area contributed by atoms with E-state index in [0.29, 0.717) is 5.16 Å². The summed E-state index contributed by atoms with van der Waals surface area (Å²) in [6.07, 6.45) is 9.19. The summed E-state index contributed by atoms with van der Waals surface area (Å²) in [5.41, 5.74) is 3.02. The molecule has 7 heteroatoms. The normalized spacial score (nSPS) is 17.5. The van der Waals surface area contributed by atoms with Gasteiger partial charge in [0.25, 0.3) is 0 Å². The Hall–Kier alpha value is -1.34. The molecule has 5 nitrogen and oxygen atoms in total. The summed E-state index contributed by atoms with van der Waals surface area (Å²) in [7, 11) is 0. The zero-order chi connectivity index (χ0) is 15.1. The summed E-state index contributed by atoms with van der Waals surface area (Å²) in [5.74, 6) is -0.0505. The number of aromatic nitrogens is 3. The van der Waals surface area contributed by atoms with Crippen LogP contribution in [0.25, 0.3) is 5.00 Å². The first-order chi connectivity index (χ1) is 10.7. The van der Waals surface area contributed by atoms with Crippen LogP contribution >= 0.6 is 23.1 Å². The number of carbonyl (C=O) groups is 1. The highest BCUT2D eigenvalue weighted by atomic mass is 32.2. The van der Waals surface area contributed by atoms with Crippen LogP contribution in [0.15, 0.2) is 11.5 Å². The molecule has 2 aromatic heterocycles. The quantitative estimate of drug-likeness (QED) is 0.850. The Bertz CT molecular complexity index is 718. The minimum Gasteiger partial charge on any atom is -0.481 e. The Morgan fingerprint density at radius 1 is 1.36 bits per heavy atom. The van der Waals surface area contributed by atoms with E-state index in [2.05, 4.69) is 10.2 Å². The summed E-state index contributed by atoms with van der Waals surface area (Å²) in [4.78, 5) is 12.4. The molecule has 2 aliphatic carbocycles. The highest BCUT2D eigenvalue weighted by Crippen LogP contribution is 2.49. The van der Waals surface area contributed by atoms with Gasteiger partial charge in [0.2, 0.25) is 0 Å². The number of hydrogen-bond acceptors (Lipinski definition) is 5. The lowest BCUT2D eigenvalue weighted by molar-refractivity contribution is -0.133. The van der Waals surface area contributed by atoms with E-state index in [1.165, 1.54) is 54.4 Å². The van der Waals surface area contributed by atoms with E-state index in [4.69, 9.17) is 5.11 Å². The maximum Gasteiger partial charge on any atom is 0.313 e. The standard InChI is InChI=1S/C15H17N3O2S2/c19-12(20)7-21-15-17-16-8-18(15)14-11-4-2-1-3-10(11)13(22-14)9-5-6-9/h8-9H,1-7H2,(H,19,20). The Labute approximate surface area is 136 Å². The van der Waals surface area contributed by atoms with Crippen molar-refractivity contribution in [2.24, 2.45) is 0 Å². The molecule has 0 bridgehead atoms. The lowest BCUT2D eigenvalue weighted by atomic mass is 9.92. The monoisotopic (exact) mass is 335 g/mol. The van der Waals surface area contributed by atoms with Gasteiger partial charge in [-0.1, -0.05) is 11.8 Å². The molecular weight excluding hydrogens is 318 g/mol. The van der Waals surface area contributed by atoms with Gasteiger partial charge in [0.05, 0.1) is 5.75 Å². The molecule has 1 fully saturated rings. The van der Waals surface area contributed by atoms with Crippen LogP contribution in [0, 0.1) is 0 Å². The van der Waals surface area contributed by atoms with Crippen LogP contribution in [-0.4, -0.2) is 31.6 Å². The molecule has 22 heavy (non-hydrogen) atoms. The molecule has 0 radical (unpaired) electrons. The van der Waals surface area contributed by atoms with E-state index in [-0.39, 0.29) is 5.75 Å². The third-order valence-corrected chi connectivity index (χ3v) is 6.60. The van der Waals surface area contributed by atoms with Gasteiger partial charge in [-0.05, 0) is 55.6 Å². The van der Waals surface area contributed by atoms with Crippen molar-refractivity contribution in [2.75, 3.05) is 5.75 Å². The van der Waals surface area contributed by atoms with E-state index in [1.807, 2.05) is 15.9 Å². The number of nitrogens with zero attached hydrogens (tertiary/aromatic N) is 3. The Morgan fingerprint density at radius 2 is 2.14 bits per heavy atom. The molecule has 2 aromatic rings. The molecule has 1 saturated carbocycles. The third-order valence-electron chi connectivity index (χ3n) is 4.24. The second kappa shape index (κ2) is 5.70. The molecule has 0 atom stereocenters. The molecule has 0 aromatic carbocycles. The van der Waals surface area contributed by atoms with Crippen LogP contribution in [-0.2, 0) is 17.6 Å². The molecule has 2 aliphatic rings. The smallest absolute Gasteiger partial charge is 0.313 e. The van der Waals surface area contributed by atoms with Crippen molar-refractivity contribution in [1.29, 1.82) is 0 Å². The molecule has 4 rings (SSSR count). The SMILES string of the molecule is O=C(O)CSc1nncn1-c1sc(C2CC2)c2c1CCCC2. The maximum atomic E-state index is 10.8. The van der Waals surface area contributed by atoms with Gasteiger partial charge in [0.1, 0.15) is 11.3 Å². The molecule has 0 spiro atoms. The number of hydrogen-bond donors (Lipinski definition) is 1. The molecule has 0 aliphatic heterocycles. The van der Waals surface area contributed by atoms with Crippen molar-refractivity contribution in [3.05, 3.63) is 22.3 Å². The lowest BCUT2D eigenvalue weighted by Crippen LogP contribution is -2.05. The fraction of sp³-hybridized carbons (Fsp3) is 0.533. The predicted octanol–water partition coefficient (Wildman–Crippen LogP) is 3.26. The topological polar surface area (TPSA) is 68.0 Å². The first-order valence-electron chi connectivity index (χ1n) is 7.63. The molecule has 116 valence electrons. The average Bonchev–Trinajstić information content (AvgIpc) is 3.13.